The van der Waals surface area contributed by atoms with Gasteiger partial charge in [0.25, 0.3) is 5.91 Å². The molecule has 0 fully saturated rings. The number of halogens is 1. The molecule has 2 heterocycles. The number of ether oxygens (including phenoxy) is 1. The van der Waals surface area contributed by atoms with Crippen molar-refractivity contribution in [2.45, 2.75) is 25.3 Å². The van der Waals surface area contributed by atoms with E-state index in [1.807, 2.05) is 37.3 Å². The van der Waals surface area contributed by atoms with E-state index in [-0.39, 0.29) is 11.9 Å². The summed E-state index contributed by atoms with van der Waals surface area (Å²) in [6.45, 7) is 1.99. The van der Waals surface area contributed by atoms with Crippen LogP contribution in [0.1, 0.15) is 27.8 Å². The van der Waals surface area contributed by atoms with Gasteiger partial charge in [0, 0.05) is 18.8 Å². The number of methoxy groups -OCH3 is 1. The van der Waals surface area contributed by atoms with Crippen molar-refractivity contribution >= 4 is 11.9 Å². The minimum Gasteiger partial charge on any atom is -0.496 e. The number of fused-ring (bicyclic) bond motifs is 4. The number of benzene rings is 2. The first-order valence-corrected chi connectivity index (χ1v) is 10.4. The molecule has 0 bridgehead atoms. The van der Waals surface area contributed by atoms with Crippen LogP contribution in [0.15, 0.2) is 53.7 Å². The van der Waals surface area contributed by atoms with Crippen molar-refractivity contribution in [1.82, 2.24) is 9.88 Å². The number of hydrogen-bond acceptors (Lipinski definition) is 5. The largest absolute Gasteiger partial charge is 0.496 e. The number of rotatable bonds is 2. The summed E-state index contributed by atoms with van der Waals surface area (Å²) in [5.74, 6) is 0.126. The molecule has 1 aliphatic carbocycles. The topological polar surface area (TPSA) is 80.8 Å². The Kier molecular flexibility index (Phi) is 4.51. The summed E-state index contributed by atoms with van der Waals surface area (Å²) in [7, 11) is 3.26. The number of aryl methyl sites for hydroxylation is 1. The van der Waals surface area contributed by atoms with E-state index in [2.05, 4.69) is 4.98 Å². The molecule has 0 saturated heterocycles. The van der Waals surface area contributed by atoms with E-state index >= 15 is 0 Å². The first kappa shape index (κ1) is 20.2. The number of nitrogens with zero attached hydrogens (tertiary/aromatic N) is 3. The third-order valence-electron chi connectivity index (χ3n) is 6.61. The van der Waals surface area contributed by atoms with Crippen molar-refractivity contribution in [3.05, 3.63) is 82.4 Å². The van der Waals surface area contributed by atoms with E-state index in [0.29, 0.717) is 17.5 Å². The van der Waals surface area contributed by atoms with E-state index in [9.17, 15) is 9.18 Å². The predicted octanol–water partition coefficient (Wildman–Crippen LogP) is 3.33. The van der Waals surface area contributed by atoms with Crippen LogP contribution >= 0.6 is 0 Å². The van der Waals surface area contributed by atoms with Gasteiger partial charge in [0.05, 0.1) is 7.11 Å². The van der Waals surface area contributed by atoms with Crippen molar-refractivity contribution in [2.24, 2.45) is 10.7 Å². The molecule has 0 radical (unpaired) electrons. The lowest BCUT2D eigenvalue weighted by molar-refractivity contribution is -0.129. The van der Waals surface area contributed by atoms with E-state index in [1.165, 1.54) is 11.1 Å². The van der Waals surface area contributed by atoms with Crippen LogP contribution in [0.5, 0.6) is 5.75 Å². The number of guanidine groups is 1. The third-order valence-corrected chi connectivity index (χ3v) is 6.61. The summed E-state index contributed by atoms with van der Waals surface area (Å²) >= 11 is 0. The molecule has 1 aliphatic heterocycles. The second kappa shape index (κ2) is 7.15. The van der Waals surface area contributed by atoms with E-state index in [1.54, 1.807) is 26.3 Å². The number of amides is 1. The van der Waals surface area contributed by atoms with Gasteiger partial charge < -0.3 is 10.5 Å². The van der Waals surface area contributed by atoms with Gasteiger partial charge in [-0.1, -0.05) is 18.2 Å². The first-order chi connectivity index (χ1) is 15.4. The van der Waals surface area contributed by atoms with Crippen LogP contribution in [0, 0.1) is 12.9 Å². The van der Waals surface area contributed by atoms with Gasteiger partial charge in [-0.05, 0) is 77.4 Å². The van der Waals surface area contributed by atoms with Gasteiger partial charge in [0.2, 0.25) is 5.95 Å². The number of hydrogen-bond donors (Lipinski definition) is 1. The minimum absolute atomic E-state index is 0.153. The van der Waals surface area contributed by atoms with E-state index < -0.39 is 11.5 Å². The van der Waals surface area contributed by atoms with Crippen LogP contribution in [0.4, 0.5) is 4.39 Å². The fourth-order valence-electron chi connectivity index (χ4n) is 4.91. The maximum Gasteiger partial charge on any atom is 0.266 e. The van der Waals surface area contributed by atoms with Crippen molar-refractivity contribution in [1.29, 1.82) is 0 Å². The third kappa shape index (κ3) is 2.67. The summed E-state index contributed by atoms with van der Waals surface area (Å²) in [5, 5.41) is 0. The lowest BCUT2D eigenvalue weighted by Crippen LogP contribution is -2.41. The number of pyridine rings is 1. The van der Waals surface area contributed by atoms with Crippen LogP contribution in [0.2, 0.25) is 0 Å². The predicted molar refractivity (Wildman–Crippen MR) is 120 cm³/mol. The van der Waals surface area contributed by atoms with E-state index in [4.69, 9.17) is 15.5 Å². The molecule has 1 unspecified atom stereocenters. The first-order valence-electron chi connectivity index (χ1n) is 10.4. The fraction of sp³-hybridized carbons (Fsp3) is 0.240. The summed E-state index contributed by atoms with van der Waals surface area (Å²) in [4.78, 5) is 23.7. The molecule has 2 aromatic carbocycles. The lowest BCUT2D eigenvalue weighted by atomic mass is 9.78. The van der Waals surface area contributed by atoms with Crippen molar-refractivity contribution in [3.63, 3.8) is 0 Å². The molecule has 1 aromatic heterocycles. The molecule has 7 heteroatoms. The van der Waals surface area contributed by atoms with Crippen LogP contribution in [-0.4, -0.2) is 35.9 Å². The molecule has 1 amide bonds. The second-order valence-corrected chi connectivity index (χ2v) is 8.18. The van der Waals surface area contributed by atoms with Crippen molar-refractivity contribution in [3.8, 4) is 16.9 Å². The molecular weight excluding hydrogens is 407 g/mol. The van der Waals surface area contributed by atoms with Crippen LogP contribution < -0.4 is 10.5 Å². The van der Waals surface area contributed by atoms with Gasteiger partial charge in [0.15, 0.2) is 11.5 Å². The molecule has 6 nitrogen and oxygen atoms in total. The summed E-state index contributed by atoms with van der Waals surface area (Å²) in [6.07, 6.45) is 2.84. The molecule has 32 heavy (non-hydrogen) atoms. The molecule has 1 atom stereocenters. The zero-order valence-electron chi connectivity index (χ0n) is 18.1. The lowest BCUT2D eigenvalue weighted by Gasteiger charge is -2.29. The maximum absolute atomic E-state index is 14.5. The van der Waals surface area contributed by atoms with Crippen LogP contribution in [-0.2, 0) is 23.2 Å². The zero-order valence-corrected chi connectivity index (χ0v) is 18.1. The number of nitrogens with two attached hydrogens (primary N) is 1. The molecule has 2 N–H and O–H groups in total. The molecular formula is C25H23FN4O2. The Balaban J connectivity index is 1.84. The van der Waals surface area contributed by atoms with Crippen molar-refractivity contribution < 1.29 is 13.9 Å². The average molecular weight is 430 g/mol. The number of likely N-dealkylation sites (N-methyl/N-ethyl adjacent to an activating group) is 1. The minimum atomic E-state index is -1.33. The molecule has 162 valence electrons. The molecule has 3 aromatic rings. The standard InChI is InChI=1S/C25H23FN4O2/c1-14-17-9-8-15-6-7-16(18-5-4-12-28-22(18)26)13-20(15)25(19(17)10-11-21(14)32-3)23(31)30(2)24(27)29-25/h4-7,10-13H,8-9H2,1-3H3,(H2,27,29). The fourth-order valence-corrected chi connectivity index (χ4v) is 4.91. The Labute approximate surface area is 185 Å². The van der Waals surface area contributed by atoms with Crippen LogP contribution in [0.3, 0.4) is 0 Å². The highest BCUT2D eigenvalue weighted by atomic mass is 19.1. The Morgan fingerprint density at radius 3 is 2.66 bits per heavy atom. The van der Waals surface area contributed by atoms with Gasteiger partial charge in [-0.2, -0.15) is 4.39 Å². The summed E-state index contributed by atoms with van der Waals surface area (Å²) in [5.41, 5.74) is 10.3. The number of aliphatic imine (C=N–C) groups is 1. The van der Waals surface area contributed by atoms with Gasteiger partial charge >= 0.3 is 0 Å². The Morgan fingerprint density at radius 1 is 1.16 bits per heavy atom. The summed E-state index contributed by atoms with van der Waals surface area (Å²) in [6, 6.07) is 12.8. The van der Waals surface area contributed by atoms with Gasteiger partial charge in [0.1, 0.15) is 5.75 Å². The normalized spacial score (nSPS) is 19.4. The molecule has 2 aliphatic rings. The van der Waals surface area contributed by atoms with Gasteiger partial charge in [-0.15, -0.1) is 0 Å². The highest BCUT2D eigenvalue weighted by Crippen LogP contribution is 2.47. The molecule has 0 saturated carbocycles. The van der Waals surface area contributed by atoms with E-state index in [0.717, 1.165) is 40.0 Å². The summed E-state index contributed by atoms with van der Waals surface area (Å²) < 4.78 is 20.0. The number of carbonyl (C=O) groups is 1. The molecule has 1 spiro atoms. The Bertz CT molecular complexity index is 1300. The SMILES string of the molecule is COc1ccc2c(c1C)CCc1ccc(-c3cccnc3F)cc1C21N=C(N)N(C)C1=O. The highest BCUT2D eigenvalue weighted by Gasteiger charge is 2.52. The maximum atomic E-state index is 14.5. The zero-order chi connectivity index (χ0) is 22.6. The average Bonchev–Trinajstić information content (AvgIpc) is 2.94. The van der Waals surface area contributed by atoms with Crippen LogP contribution in [0.25, 0.3) is 11.1 Å². The van der Waals surface area contributed by atoms with Gasteiger partial charge in [-0.25, -0.2) is 9.98 Å². The van der Waals surface area contributed by atoms with Crippen molar-refractivity contribution in [2.75, 3.05) is 14.2 Å². The smallest absolute Gasteiger partial charge is 0.266 e. The number of carbonyl (C=O) groups excluding carboxylic acids is 1. The van der Waals surface area contributed by atoms with Gasteiger partial charge in [-0.3, -0.25) is 9.69 Å². The molecule has 5 rings (SSSR count). The Morgan fingerprint density at radius 2 is 1.97 bits per heavy atom. The quantitative estimate of drug-likeness (QED) is 0.633. The Hall–Kier alpha value is -3.74. The second-order valence-electron chi connectivity index (χ2n) is 8.18. The monoisotopic (exact) mass is 430 g/mol. The highest BCUT2D eigenvalue weighted by molar-refractivity contribution is 6.09. The number of aromatic nitrogens is 1.